The van der Waals surface area contributed by atoms with Crippen LogP contribution in [0, 0.1) is 0 Å². The number of halogens is 1. The number of piperazine rings is 1. The molecule has 5 nitrogen and oxygen atoms in total. The van der Waals surface area contributed by atoms with Gasteiger partial charge in [0.25, 0.3) is 0 Å². The molecule has 1 atom stereocenters. The van der Waals surface area contributed by atoms with Crippen LogP contribution >= 0.6 is 12.4 Å². The van der Waals surface area contributed by atoms with Crippen molar-refractivity contribution in [3.63, 3.8) is 0 Å². The lowest BCUT2D eigenvalue weighted by Crippen LogP contribution is -2.51. The van der Waals surface area contributed by atoms with E-state index in [2.05, 4.69) is 12.2 Å². The largest absolute Gasteiger partial charge is 0.343 e. The maximum atomic E-state index is 12.0. The van der Waals surface area contributed by atoms with Gasteiger partial charge in [-0.3, -0.25) is 9.59 Å². The summed E-state index contributed by atoms with van der Waals surface area (Å²) in [5, 5.41) is 3.32. The average molecular weight is 306 g/mol. The van der Waals surface area contributed by atoms with Crippen molar-refractivity contribution in [2.45, 2.75) is 46.1 Å². The van der Waals surface area contributed by atoms with Crippen LogP contribution in [0.2, 0.25) is 0 Å². The number of amides is 2. The molecule has 1 aliphatic rings. The van der Waals surface area contributed by atoms with E-state index in [4.69, 9.17) is 0 Å². The van der Waals surface area contributed by atoms with E-state index in [1.165, 1.54) is 0 Å². The van der Waals surface area contributed by atoms with Gasteiger partial charge in [-0.15, -0.1) is 12.4 Å². The molecule has 0 radical (unpaired) electrons. The number of carbonyl (C=O) groups excluding carboxylic acids is 2. The summed E-state index contributed by atoms with van der Waals surface area (Å²) in [5.41, 5.74) is 0. The van der Waals surface area contributed by atoms with Crippen LogP contribution in [0.5, 0.6) is 0 Å². The molecule has 0 aromatic heterocycles. The van der Waals surface area contributed by atoms with Crippen LogP contribution in [-0.4, -0.2) is 60.4 Å². The first-order valence-corrected chi connectivity index (χ1v) is 7.37. The summed E-state index contributed by atoms with van der Waals surface area (Å²) in [5.74, 6) is 0.340. The zero-order chi connectivity index (χ0) is 14.3. The molecule has 1 rings (SSSR count). The molecule has 1 heterocycles. The molecule has 0 bridgehead atoms. The Kier molecular flexibility index (Phi) is 9.59. The fourth-order valence-corrected chi connectivity index (χ4v) is 2.44. The van der Waals surface area contributed by atoms with Crippen LogP contribution in [0.1, 0.15) is 40.0 Å². The van der Waals surface area contributed by atoms with E-state index in [-0.39, 0.29) is 24.2 Å². The van der Waals surface area contributed by atoms with Gasteiger partial charge < -0.3 is 15.1 Å². The third kappa shape index (κ3) is 6.09. The smallest absolute Gasteiger partial charge is 0.222 e. The lowest BCUT2D eigenvalue weighted by Gasteiger charge is -2.32. The zero-order valence-corrected chi connectivity index (χ0v) is 13.7. The first kappa shape index (κ1) is 19.2. The summed E-state index contributed by atoms with van der Waals surface area (Å²) >= 11 is 0. The van der Waals surface area contributed by atoms with Gasteiger partial charge in [-0.2, -0.15) is 0 Å². The van der Waals surface area contributed by atoms with E-state index < -0.39 is 0 Å². The molecule has 118 valence electrons. The molecular weight excluding hydrogens is 278 g/mol. The summed E-state index contributed by atoms with van der Waals surface area (Å²) in [4.78, 5) is 27.5. The highest BCUT2D eigenvalue weighted by Crippen LogP contribution is 2.06. The van der Waals surface area contributed by atoms with E-state index in [0.717, 1.165) is 32.7 Å². The van der Waals surface area contributed by atoms with Gasteiger partial charge in [0.1, 0.15) is 0 Å². The molecule has 1 saturated heterocycles. The highest BCUT2D eigenvalue weighted by atomic mass is 35.5. The first-order valence-electron chi connectivity index (χ1n) is 7.37. The molecule has 1 aliphatic heterocycles. The van der Waals surface area contributed by atoms with Gasteiger partial charge in [-0.1, -0.05) is 0 Å². The van der Waals surface area contributed by atoms with E-state index in [0.29, 0.717) is 25.3 Å². The van der Waals surface area contributed by atoms with Crippen LogP contribution < -0.4 is 5.32 Å². The molecule has 0 aromatic carbocycles. The monoisotopic (exact) mass is 305 g/mol. The third-order valence-corrected chi connectivity index (χ3v) is 3.62. The summed E-state index contributed by atoms with van der Waals surface area (Å²) in [7, 11) is 0. The molecular formula is C14H28ClN3O2. The minimum atomic E-state index is 0. The first-order chi connectivity index (χ1) is 9.08. The van der Waals surface area contributed by atoms with E-state index >= 15 is 0 Å². The fourth-order valence-electron chi connectivity index (χ4n) is 2.44. The topological polar surface area (TPSA) is 52.7 Å². The lowest BCUT2D eigenvalue weighted by atomic mass is 10.1. The normalized spacial score (nSPS) is 18.4. The van der Waals surface area contributed by atoms with E-state index in [1.807, 2.05) is 23.6 Å². The van der Waals surface area contributed by atoms with Gasteiger partial charge >= 0.3 is 0 Å². The van der Waals surface area contributed by atoms with Gasteiger partial charge in [-0.05, 0) is 27.2 Å². The second-order valence-corrected chi connectivity index (χ2v) is 5.11. The highest BCUT2D eigenvalue weighted by Gasteiger charge is 2.20. The highest BCUT2D eigenvalue weighted by molar-refractivity contribution is 5.85. The Morgan fingerprint density at radius 3 is 2.45 bits per heavy atom. The van der Waals surface area contributed by atoms with Crippen molar-refractivity contribution in [1.29, 1.82) is 0 Å². The predicted molar refractivity (Wildman–Crippen MR) is 83.1 cm³/mol. The minimum Gasteiger partial charge on any atom is -0.343 e. The minimum absolute atomic E-state index is 0. The Bertz CT molecular complexity index is 309. The van der Waals surface area contributed by atoms with Crippen molar-refractivity contribution in [3.8, 4) is 0 Å². The average Bonchev–Trinajstić information content (AvgIpc) is 2.40. The molecule has 0 saturated carbocycles. The Morgan fingerprint density at radius 1 is 1.25 bits per heavy atom. The second kappa shape index (κ2) is 10.00. The van der Waals surface area contributed by atoms with Gasteiger partial charge in [0, 0.05) is 51.6 Å². The number of hydrogen-bond donors (Lipinski definition) is 1. The fraction of sp³-hybridized carbons (Fsp3) is 0.857. The number of hydrogen-bond acceptors (Lipinski definition) is 3. The second-order valence-electron chi connectivity index (χ2n) is 5.11. The maximum Gasteiger partial charge on any atom is 0.222 e. The van der Waals surface area contributed by atoms with Crippen molar-refractivity contribution in [2.24, 2.45) is 0 Å². The predicted octanol–water partition coefficient (Wildman–Crippen LogP) is 1.27. The summed E-state index contributed by atoms with van der Waals surface area (Å²) in [6.07, 6.45) is 1.63. The Hall–Kier alpha value is -0.810. The van der Waals surface area contributed by atoms with Crippen molar-refractivity contribution < 1.29 is 9.59 Å². The van der Waals surface area contributed by atoms with Gasteiger partial charge in [0.05, 0.1) is 0 Å². The quantitative estimate of drug-likeness (QED) is 0.804. The van der Waals surface area contributed by atoms with Crippen LogP contribution in [0.15, 0.2) is 0 Å². The van der Waals surface area contributed by atoms with Crippen molar-refractivity contribution in [1.82, 2.24) is 15.1 Å². The molecule has 0 aliphatic carbocycles. The summed E-state index contributed by atoms with van der Waals surface area (Å²) in [6.45, 7) is 9.98. The van der Waals surface area contributed by atoms with Gasteiger partial charge in [0.15, 0.2) is 0 Å². The standard InChI is InChI=1S/C14H27N3O2.ClH/c1-4-16(5-2)13(18)7-6-8-14(19)17-10-9-15-12(3)11-17;/h12,15H,4-11H2,1-3H3;1H. The lowest BCUT2D eigenvalue weighted by molar-refractivity contribution is -0.133. The summed E-state index contributed by atoms with van der Waals surface area (Å²) < 4.78 is 0. The SMILES string of the molecule is CCN(CC)C(=O)CCCC(=O)N1CCNC(C)C1.Cl. The molecule has 1 N–H and O–H groups in total. The van der Waals surface area contributed by atoms with E-state index in [1.54, 1.807) is 0 Å². The van der Waals surface area contributed by atoms with Crippen molar-refractivity contribution >= 4 is 24.2 Å². The zero-order valence-electron chi connectivity index (χ0n) is 12.9. The Labute approximate surface area is 128 Å². The van der Waals surface area contributed by atoms with Crippen LogP contribution in [0.4, 0.5) is 0 Å². The molecule has 0 aromatic rings. The van der Waals surface area contributed by atoms with Gasteiger partial charge in [-0.25, -0.2) is 0 Å². The number of nitrogens with one attached hydrogen (secondary N) is 1. The Balaban J connectivity index is 0.00000361. The van der Waals surface area contributed by atoms with Gasteiger partial charge in [0.2, 0.25) is 11.8 Å². The van der Waals surface area contributed by atoms with Crippen LogP contribution in [-0.2, 0) is 9.59 Å². The number of rotatable bonds is 6. The van der Waals surface area contributed by atoms with Crippen molar-refractivity contribution in [3.05, 3.63) is 0 Å². The summed E-state index contributed by atoms with van der Waals surface area (Å²) in [6, 6.07) is 0.370. The van der Waals surface area contributed by atoms with Crippen LogP contribution in [0.3, 0.4) is 0 Å². The molecule has 0 spiro atoms. The third-order valence-electron chi connectivity index (χ3n) is 3.62. The maximum absolute atomic E-state index is 12.0. The molecule has 6 heteroatoms. The number of nitrogens with zero attached hydrogens (tertiary/aromatic N) is 2. The molecule has 2 amide bonds. The van der Waals surface area contributed by atoms with E-state index in [9.17, 15) is 9.59 Å². The molecule has 1 unspecified atom stereocenters. The molecule has 20 heavy (non-hydrogen) atoms. The Morgan fingerprint density at radius 2 is 1.90 bits per heavy atom. The molecule has 1 fully saturated rings. The number of carbonyl (C=O) groups is 2. The van der Waals surface area contributed by atoms with Crippen LogP contribution in [0.25, 0.3) is 0 Å². The van der Waals surface area contributed by atoms with Crippen molar-refractivity contribution in [2.75, 3.05) is 32.7 Å².